The standard InChI is InChI=1S/C15H18ClNO2/c1-2-19-15(18)9-6-7-13-11(8-9)10-4-3-5-12(16)14(10)17-13/h3-5,9,11,13,17H,2,6-8H2,1H3/t9-,11-,13+/m1/s1. The lowest BCUT2D eigenvalue weighted by Crippen LogP contribution is -2.32. The van der Waals surface area contributed by atoms with Gasteiger partial charge >= 0.3 is 5.97 Å². The van der Waals surface area contributed by atoms with Crippen LogP contribution in [0, 0.1) is 5.92 Å². The van der Waals surface area contributed by atoms with Crippen molar-refractivity contribution in [2.24, 2.45) is 5.92 Å². The largest absolute Gasteiger partial charge is 0.466 e. The van der Waals surface area contributed by atoms with Gasteiger partial charge in [0.25, 0.3) is 0 Å². The number of halogens is 1. The van der Waals surface area contributed by atoms with Crippen molar-refractivity contribution in [3.63, 3.8) is 0 Å². The van der Waals surface area contributed by atoms with Crippen molar-refractivity contribution < 1.29 is 9.53 Å². The van der Waals surface area contributed by atoms with E-state index in [1.54, 1.807) is 0 Å². The van der Waals surface area contributed by atoms with Gasteiger partial charge in [-0.05, 0) is 37.8 Å². The lowest BCUT2D eigenvalue weighted by atomic mass is 9.77. The summed E-state index contributed by atoms with van der Waals surface area (Å²) in [6.07, 6.45) is 2.77. The predicted molar refractivity (Wildman–Crippen MR) is 75.6 cm³/mol. The van der Waals surface area contributed by atoms with Gasteiger partial charge in [0.2, 0.25) is 0 Å². The number of fused-ring (bicyclic) bond motifs is 3. The molecular formula is C15H18ClNO2. The minimum absolute atomic E-state index is 0.0351. The molecule has 3 nitrogen and oxygen atoms in total. The van der Waals surface area contributed by atoms with E-state index < -0.39 is 0 Å². The highest BCUT2D eigenvalue weighted by Crippen LogP contribution is 2.48. The molecule has 0 aromatic heterocycles. The van der Waals surface area contributed by atoms with Gasteiger partial charge in [0.1, 0.15) is 0 Å². The fraction of sp³-hybridized carbons (Fsp3) is 0.533. The number of para-hydroxylation sites is 1. The van der Waals surface area contributed by atoms with E-state index in [0.29, 0.717) is 18.6 Å². The van der Waals surface area contributed by atoms with Gasteiger partial charge in [0, 0.05) is 12.0 Å². The number of carbonyl (C=O) groups is 1. The molecule has 1 fully saturated rings. The van der Waals surface area contributed by atoms with Crippen LogP contribution in [0.1, 0.15) is 37.7 Å². The molecule has 1 aromatic carbocycles. The van der Waals surface area contributed by atoms with Crippen LogP contribution in [0.25, 0.3) is 0 Å². The SMILES string of the molecule is CCOC(=O)[C@@H]1CC[C@@H]2Nc3c(Cl)cccc3[C@H]2C1. The zero-order valence-corrected chi connectivity index (χ0v) is 11.7. The zero-order valence-electron chi connectivity index (χ0n) is 11.0. The van der Waals surface area contributed by atoms with Crippen LogP contribution in [0.2, 0.25) is 5.02 Å². The number of nitrogens with one attached hydrogen (secondary N) is 1. The molecule has 1 aliphatic heterocycles. The number of hydrogen-bond donors (Lipinski definition) is 1. The van der Waals surface area contributed by atoms with Gasteiger partial charge in [-0.25, -0.2) is 0 Å². The fourth-order valence-electron chi connectivity index (χ4n) is 3.35. The van der Waals surface area contributed by atoms with Crippen LogP contribution in [-0.4, -0.2) is 18.6 Å². The molecule has 102 valence electrons. The van der Waals surface area contributed by atoms with Gasteiger partial charge in [-0.3, -0.25) is 4.79 Å². The van der Waals surface area contributed by atoms with Crippen molar-refractivity contribution >= 4 is 23.3 Å². The molecule has 1 aromatic rings. The maximum atomic E-state index is 11.9. The maximum absolute atomic E-state index is 11.9. The monoisotopic (exact) mass is 279 g/mol. The molecule has 2 aliphatic rings. The lowest BCUT2D eigenvalue weighted by Gasteiger charge is -2.30. The third kappa shape index (κ3) is 2.20. The van der Waals surface area contributed by atoms with E-state index in [-0.39, 0.29) is 11.9 Å². The van der Waals surface area contributed by atoms with Crippen LogP contribution in [0.4, 0.5) is 5.69 Å². The van der Waals surface area contributed by atoms with E-state index >= 15 is 0 Å². The van der Waals surface area contributed by atoms with Gasteiger partial charge in [-0.2, -0.15) is 0 Å². The highest BCUT2D eigenvalue weighted by molar-refractivity contribution is 6.33. The molecule has 3 atom stereocenters. The Balaban J connectivity index is 1.81. The molecule has 3 rings (SSSR count). The number of hydrogen-bond acceptors (Lipinski definition) is 3. The number of ether oxygens (including phenoxy) is 1. The Morgan fingerprint density at radius 2 is 2.32 bits per heavy atom. The molecule has 4 heteroatoms. The minimum Gasteiger partial charge on any atom is -0.466 e. The average molecular weight is 280 g/mol. The quantitative estimate of drug-likeness (QED) is 0.841. The summed E-state index contributed by atoms with van der Waals surface area (Å²) in [6.45, 7) is 2.32. The van der Waals surface area contributed by atoms with E-state index in [2.05, 4.69) is 11.4 Å². The van der Waals surface area contributed by atoms with Crippen molar-refractivity contribution in [1.82, 2.24) is 0 Å². The normalized spacial score (nSPS) is 28.2. The van der Waals surface area contributed by atoms with Crippen LogP contribution in [0.5, 0.6) is 0 Å². The molecule has 0 radical (unpaired) electrons. The topological polar surface area (TPSA) is 38.3 Å². The van der Waals surface area contributed by atoms with E-state index in [1.807, 2.05) is 19.1 Å². The Bertz CT molecular complexity index is 503. The van der Waals surface area contributed by atoms with Crippen molar-refractivity contribution in [1.29, 1.82) is 0 Å². The second-order valence-corrected chi connectivity index (χ2v) is 5.73. The first-order valence-corrected chi connectivity index (χ1v) is 7.30. The summed E-state index contributed by atoms with van der Waals surface area (Å²) in [6, 6.07) is 6.43. The van der Waals surface area contributed by atoms with Crippen LogP contribution < -0.4 is 5.32 Å². The van der Waals surface area contributed by atoms with Crippen LogP contribution in [0.3, 0.4) is 0 Å². The lowest BCUT2D eigenvalue weighted by molar-refractivity contribution is -0.149. The molecule has 0 bridgehead atoms. The molecule has 1 saturated carbocycles. The molecule has 0 saturated heterocycles. The summed E-state index contributed by atoms with van der Waals surface area (Å²) in [7, 11) is 0. The Hall–Kier alpha value is -1.22. The van der Waals surface area contributed by atoms with E-state index in [4.69, 9.17) is 16.3 Å². The predicted octanol–water partition coefficient (Wildman–Crippen LogP) is 3.58. The van der Waals surface area contributed by atoms with Crippen LogP contribution >= 0.6 is 11.6 Å². The highest BCUT2D eigenvalue weighted by atomic mass is 35.5. The molecule has 0 amide bonds. The number of esters is 1. The van der Waals surface area contributed by atoms with Crippen LogP contribution in [0.15, 0.2) is 18.2 Å². The summed E-state index contributed by atoms with van der Waals surface area (Å²) >= 11 is 6.23. The van der Waals surface area contributed by atoms with Gasteiger partial charge in [0.05, 0.1) is 23.2 Å². The van der Waals surface area contributed by atoms with E-state index in [1.165, 1.54) is 5.56 Å². The van der Waals surface area contributed by atoms with Crippen molar-refractivity contribution in [2.75, 3.05) is 11.9 Å². The van der Waals surface area contributed by atoms with Gasteiger partial charge in [-0.15, -0.1) is 0 Å². The molecule has 1 heterocycles. The Morgan fingerprint density at radius 1 is 1.47 bits per heavy atom. The van der Waals surface area contributed by atoms with E-state index in [9.17, 15) is 4.79 Å². The molecule has 19 heavy (non-hydrogen) atoms. The average Bonchev–Trinajstić information content (AvgIpc) is 2.78. The number of carbonyl (C=O) groups excluding carboxylic acids is 1. The smallest absolute Gasteiger partial charge is 0.308 e. The summed E-state index contributed by atoms with van der Waals surface area (Å²) < 4.78 is 5.16. The number of anilines is 1. The molecular weight excluding hydrogens is 262 g/mol. The summed E-state index contributed by atoms with van der Waals surface area (Å²) in [5.74, 6) is 0.376. The first-order valence-electron chi connectivity index (χ1n) is 6.92. The van der Waals surface area contributed by atoms with Gasteiger partial charge in [-0.1, -0.05) is 23.7 Å². The maximum Gasteiger partial charge on any atom is 0.308 e. The number of rotatable bonds is 2. The molecule has 0 spiro atoms. The second-order valence-electron chi connectivity index (χ2n) is 5.32. The summed E-state index contributed by atoms with van der Waals surface area (Å²) in [5.41, 5.74) is 2.31. The third-order valence-corrected chi connectivity index (χ3v) is 4.56. The first kappa shape index (κ1) is 12.8. The summed E-state index contributed by atoms with van der Waals surface area (Å²) in [5, 5.41) is 4.29. The Labute approximate surface area is 118 Å². The Morgan fingerprint density at radius 3 is 3.11 bits per heavy atom. The van der Waals surface area contributed by atoms with Crippen molar-refractivity contribution in [3.8, 4) is 0 Å². The zero-order chi connectivity index (χ0) is 13.4. The molecule has 1 aliphatic carbocycles. The number of benzene rings is 1. The van der Waals surface area contributed by atoms with Crippen molar-refractivity contribution in [2.45, 2.75) is 38.1 Å². The van der Waals surface area contributed by atoms with Gasteiger partial charge in [0.15, 0.2) is 0 Å². The minimum atomic E-state index is -0.0450. The first-order chi connectivity index (χ1) is 9.20. The molecule has 0 unspecified atom stereocenters. The summed E-state index contributed by atoms with van der Waals surface area (Å²) in [4.78, 5) is 11.9. The third-order valence-electron chi connectivity index (χ3n) is 4.25. The van der Waals surface area contributed by atoms with Gasteiger partial charge < -0.3 is 10.1 Å². The Kier molecular flexibility index (Phi) is 3.40. The molecule has 1 N–H and O–H groups in total. The highest BCUT2D eigenvalue weighted by Gasteiger charge is 2.40. The second kappa shape index (κ2) is 5.04. The fourth-order valence-corrected chi connectivity index (χ4v) is 3.59. The van der Waals surface area contributed by atoms with Crippen LogP contribution in [-0.2, 0) is 9.53 Å². The van der Waals surface area contributed by atoms with Crippen molar-refractivity contribution in [3.05, 3.63) is 28.8 Å². The van der Waals surface area contributed by atoms with E-state index in [0.717, 1.165) is 30.0 Å².